The van der Waals surface area contributed by atoms with Crippen molar-refractivity contribution < 1.29 is 17.6 Å². The second kappa shape index (κ2) is 7.11. The first-order valence-corrected chi connectivity index (χ1v) is 9.68. The van der Waals surface area contributed by atoms with Crippen LogP contribution in [0.3, 0.4) is 0 Å². The highest BCUT2D eigenvalue weighted by Gasteiger charge is 2.29. The highest BCUT2D eigenvalue weighted by molar-refractivity contribution is 7.89. The number of rotatable bonds is 5. The van der Waals surface area contributed by atoms with E-state index in [2.05, 4.69) is 0 Å². The number of carbonyl (C=O) groups excluding carboxylic acids is 1. The van der Waals surface area contributed by atoms with E-state index in [4.69, 9.17) is 4.42 Å². The minimum atomic E-state index is -3.49. The topological polar surface area (TPSA) is 70.8 Å². The highest BCUT2D eigenvalue weighted by Crippen LogP contribution is 2.20. The molecule has 0 N–H and O–H groups in total. The van der Waals surface area contributed by atoms with Crippen molar-refractivity contribution in [3.8, 4) is 0 Å². The van der Waals surface area contributed by atoms with E-state index in [0.29, 0.717) is 36.8 Å². The summed E-state index contributed by atoms with van der Waals surface area (Å²) in [5.41, 5.74) is 2.03. The Balaban J connectivity index is 1.63. The van der Waals surface area contributed by atoms with Crippen LogP contribution in [0.4, 0.5) is 0 Å². The predicted octanol–water partition coefficient (Wildman–Crippen LogP) is 2.09. The molecule has 3 rings (SSSR count). The molecule has 25 heavy (non-hydrogen) atoms. The zero-order chi connectivity index (χ0) is 18.0. The van der Waals surface area contributed by atoms with Crippen LogP contribution >= 0.6 is 0 Å². The minimum Gasteiger partial charge on any atom is -0.461 e. The second-order valence-electron chi connectivity index (χ2n) is 6.33. The fraction of sp³-hybridized carbons (Fsp3) is 0.389. The van der Waals surface area contributed by atoms with Crippen LogP contribution < -0.4 is 0 Å². The summed E-state index contributed by atoms with van der Waals surface area (Å²) in [6.07, 6.45) is 1.47. The first-order valence-electron chi connectivity index (χ1n) is 8.24. The summed E-state index contributed by atoms with van der Waals surface area (Å²) in [5, 5.41) is 0. The maximum absolute atomic E-state index is 12.8. The number of piperazine rings is 1. The number of benzene rings is 1. The molecule has 0 spiro atoms. The first-order chi connectivity index (χ1) is 11.9. The predicted molar refractivity (Wildman–Crippen MR) is 94.2 cm³/mol. The molecule has 0 atom stereocenters. The van der Waals surface area contributed by atoms with Crippen LogP contribution in [0.25, 0.3) is 0 Å². The number of Topliss-reactive ketones (excluding diaryl/α,β-unsaturated/α-hetero) is 1. The van der Waals surface area contributed by atoms with Gasteiger partial charge in [0.25, 0.3) is 0 Å². The number of nitrogens with zero attached hydrogens (tertiary/aromatic N) is 2. The van der Waals surface area contributed by atoms with E-state index in [-0.39, 0.29) is 12.3 Å². The zero-order valence-electron chi connectivity index (χ0n) is 14.4. The van der Waals surface area contributed by atoms with Crippen molar-refractivity contribution in [2.24, 2.45) is 0 Å². The Labute approximate surface area is 148 Å². The van der Waals surface area contributed by atoms with Crippen molar-refractivity contribution >= 4 is 15.8 Å². The van der Waals surface area contributed by atoms with Gasteiger partial charge in [0.15, 0.2) is 5.76 Å². The van der Waals surface area contributed by atoms with E-state index in [1.165, 1.54) is 10.6 Å². The van der Waals surface area contributed by atoms with E-state index in [0.717, 1.165) is 11.1 Å². The number of sulfonamides is 1. The zero-order valence-corrected chi connectivity index (χ0v) is 15.3. The SMILES string of the molecule is Cc1ccc(S(=O)(=O)N2CCN(CC(=O)c3ccco3)CC2)cc1C. The van der Waals surface area contributed by atoms with Gasteiger partial charge in [-0.2, -0.15) is 4.31 Å². The molecule has 0 unspecified atom stereocenters. The Hall–Kier alpha value is -1.96. The summed E-state index contributed by atoms with van der Waals surface area (Å²) in [5.74, 6) is 0.251. The lowest BCUT2D eigenvalue weighted by Crippen LogP contribution is -2.49. The Morgan fingerprint density at radius 2 is 1.80 bits per heavy atom. The minimum absolute atomic E-state index is 0.0875. The molecule has 1 saturated heterocycles. The van der Waals surface area contributed by atoms with Gasteiger partial charge in [-0.25, -0.2) is 8.42 Å². The van der Waals surface area contributed by atoms with Crippen LogP contribution in [-0.4, -0.2) is 56.1 Å². The number of carbonyl (C=O) groups is 1. The monoisotopic (exact) mass is 362 g/mol. The number of furan rings is 1. The number of aryl methyl sites for hydroxylation is 2. The summed E-state index contributed by atoms with van der Waals surface area (Å²) >= 11 is 0. The standard InChI is InChI=1S/C18H22N2O4S/c1-14-5-6-16(12-15(14)2)25(22,23)20-9-7-19(8-10-20)13-17(21)18-4-3-11-24-18/h3-6,11-12H,7-10,13H2,1-2H3. The van der Waals surface area contributed by atoms with Crippen molar-refractivity contribution in [3.63, 3.8) is 0 Å². The Morgan fingerprint density at radius 1 is 1.08 bits per heavy atom. The molecule has 6 nitrogen and oxygen atoms in total. The van der Waals surface area contributed by atoms with Crippen LogP contribution in [0.15, 0.2) is 45.9 Å². The smallest absolute Gasteiger partial charge is 0.243 e. The fourth-order valence-corrected chi connectivity index (χ4v) is 4.38. The molecular formula is C18H22N2O4S. The van der Waals surface area contributed by atoms with Gasteiger partial charge in [0.2, 0.25) is 15.8 Å². The summed E-state index contributed by atoms with van der Waals surface area (Å²) < 4.78 is 32.2. The third-order valence-electron chi connectivity index (χ3n) is 4.61. The average Bonchev–Trinajstić information content (AvgIpc) is 3.12. The van der Waals surface area contributed by atoms with E-state index >= 15 is 0 Å². The van der Waals surface area contributed by atoms with Gasteiger partial charge in [0.05, 0.1) is 17.7 Å². The largest absolute Gasteiger partial charge is 0.461 e. The first kappa shape index (κ1) is 17.8. The third kappa shape index (κ3) is 3.84. The van der Waals surface area contributed by atoms with Crippen molar-refractivity contribution in [2.45, 2.75) is 18.7 Å². The van der Waals surface area contributed by atoms with Gasteiger partial charge in [-0.05, 0) is 49.2 Å². The van der Waals surface area contributed by atoms with Crippen molar-refractivity contribution in [2.75, 3.05) is 32.7 Å². The lowest BCUT2D eigenvalue weighted by Gasteiger charge is -2.33. The third-order valence-corrected chi connectivity index (χ3v) is 6.51. The van der Waals surface area contributed by atoms with Crippen LogP contribution in [0, 0.1) is 13.8 Å². The summed E-state index contributed by atoms with van der Waals surface area (Å²) in [7, 11) is -3.49. The number of hydrogen-bond acceptors (Lipinski definition) is 5. The van der Waals surface area contributed by atoms with Gasteiger partial charge in [0.1, 0.15) is 0 Å². The van der Waals surface area contributed by atoms with Crippen LogP contribution in [0.5, 0.6) is 0 Å². The van der Waals surface area contributed by atoms with Gasteiger partial charge in [0, 0.05) is 26.2 Å². The normalized spacial score (nSPS) is 16.9. The van der Waals surface area contributed by atoms with Crippen LogP contribution in [-0.2, 0) is 10.0 Å². The number of hydrogen-bond donors (Lipinski definition) is 0. The average molecular weight is 362 g/mol. The molecule has 2 heterocycles. The highest BCUT2D eigenvalue weighted by atomic mass is 32.2. The molecule has 134 valence electrons. The second-order valence-corrected chi connectivity index (χ2v) is 8.26. The van der Waals surface area contributed by atoms with Crippen LogP contribution in [0.1, 0.15) is 21.7 Å². The molecule has 0 saturated carbocycles. The Kier molecular flexibility index (Phi) is 5.08. The fourth-order valence-electron chi connectivity index (χ4n) is 2.87. The van der Waals surface area contributed by atoms with E-state index < -0.39 is 10.0 Å². The Bertz CT molecular complexity index is 851. The lowest BCUT2D eigenvalue weighted by molar-refractivity contribution is 0.0874. The molecule has 1 aliphatic rings. The Morgan fingerprint density at radius 3 is 2.40 bits per heavy atom. The van der Waals surface area contributed by atoms with Gasteiger partial charge < -0.3 is 4.42 Å². The lowest BCUT2D eigenvalue weighted by atomic mass is 10.1. The molecular weight excluding hydrogens is 340 g/mol. The van der Waals surface area contributed by atoms with Gasteiger partial charge in [-0.1, -0.05) is 6.07 Å². The van der Waals surface area contributed by atoms with E-state index in [9.17, 15) is 13.2 Å². The van der Waals surface area contributed by atoms with Gasteiger partial charge in [-0.15, -0.1) is 0 Å². The molecule has 0 bridgehead atoms. The van der Waals surface area contributed by atoms with E-state index in [1.54, 1.807) is 24.3 Å². The van der Waals surface area contributed by atoms with Crippen LogP contribution in [0.2, 0.25) is 0 Å². The summed E-state index contributed by atoms with van der Waals surface area (Å²) in [6, 6.07) is 8.53. The molecule has 0 aliphatic carbocycles. The molecule has 7 heteroatoms. The maximum Gasteiger partial charge on any atom is 0.243 e. The van der Waals surface area contributed by atoms with Crippen molar-refractivity contribution in [3.05, 3.63) is 53.5 Å². The maximum atomic E-state index is 12.8. The van der Waals surface area contributed by atoms with E-state index in [1.807, 2.05) is 24.8 Å². The van der Waals surface area contributed by atoms with Crippen molar-refractivity contribution in [1.29, 1.82) is 0 Å². The molecule has 0 radical (unpaired) electrons. The van der Waals surface area contributed by atoms with Gasteiger partial charge >= 0.3 is 0 Å². The number of ketones is 1. The molecule has 0 amide bonds. The quantitative estimate of drug-likeness (QED) is 0.762. The van der Waals surface area contributed by atoms with Gasteiger partial charge in [-0.3, -0.25) is 9.69 Å². The summed E-state index contributed by atoms with van der Waals surface area (Å²) in [4.78, 5) is 14.4. The van der Waals surface area contributed by atoms with Crippen molar-refractivity contribution in [1.82, 2.24) is 9.21 Å². The molecule has 1 aliphatic heterocycles. The molecule has 2 aromatic rings. The molecule has 1 aromatic carbocycles. The summed E-state index contributed by atoms with van der Waals surface area (Å²) in [6.45, 7) is 5.91. The molecule has 1 aromatic heterocycles. The molecule has 1 fully saturated rings.